The summed E-state index contributed by atoms with van der Waals surface area (Å²) >= 11 is 0. The highest BCUT2D eigenvalue weighted by Crippen LogP contribution is 2.41. The summed E-state index contributed by atoms with van der Waals surface area (Å²) in [6.45, 7) is 7.46. The number of likely N-dealkylation sites (tertiary alicyclic amines) is 3. The number of benzene rings is 4. The first-order valence-corrected chi connectivity index (χ1v) is 25.6. The number of hydrogen-bond acceptors (Lipinski definition) is 11. The van der Waals surface area contributed by atoms with Crippen LogP contribution in [0.4, 0.5) is 0 Å². The Bertz CT molecular complexity index is 2560. The van der Waals surface area contributed by atoms with Crippen LogP contribution in [0.15, 0.2) is 109 Å². The molecule has 14 nitrogen and oxygen atoms in total. The van der Waals surface area contributed by atoms with Crippen molar-refractivity contribution in [3.8, 4) is 45.1 Å². The van der Waals surface area contributed by atoms with Crippen molar-refractivity contribution in [3.63, 3.8) is 0 Å². The highest BCUT2D eigenvalue weighted by Gasteiger charge is 2.30. The van der Waals surface area contributed by atoms with Gasteiger partial charge in [-0.2, -0.15) is 0 Å². The summed E-state index contributed by atoms with van der Waals surface area (Å²) in [4.78, 5) is 47.8. The molecule has 4 aromatic carbocycles. The van der Waals surface area contributed by atoms with E-state index in [9.17, 15) is 9.59 Å². The van der Waals surface area contributed by atoms with Crippen LogP contribution >= 0.6 is 0 Å². The van der Waals surface area contributed by atoms with Gasteiger partial charge in [0.15, 0.2) is 0 Å². The summed E-state index contributed by atoms with van der Waals surface area (Å²) < 4.78 is 23.4. The van der Waals surface area contributed by atoms with Crippen molar-refractivity contribution >= 4 is 12.2 Å². The summed E-state index contributed by atoms with van der Waals surface area (Å²) in [6.07, 6.45) is 14.4. The maximum absolute atomic E-state index is 13.3. The average molecular weight is 965 g/mol. The topological polar surface area (TPSA) is 150 Å². The maximum Gasteiger partial charge on any atom is 0.241 e. The number of methoxy groups -OCH3 is 2. The zero-order chi connectivity index (χ0) is 49.2. The molecule has 3 atom stereocenters. The molecule has 2 aromatic heterocycles. The molecule has 3 N–H and O–H groups in total. The second-order valence-electron chi connectivity index (χ2n) is 18.7. The second-order valence-corrected chi connectivity index (χ2v) is 18.7. The molecule has 0 spiro atoms. The lowest BCUT2D eigenvalue weighted by Crippen LogP contribution is -2.39. The third-order valence-corrected chi connectivity index (χ3v) is 13.8. The van der Waals surface area contributed by atoms with E-state index in [4.69, 9.17) is 28.9 Å². The lowest BCUT2D eigenvalue weighted by atomic mass is 9.98. The van der Waals surface area contributed by atoms with Crippen LogP contribution < -0.4 is 14.8 Å². The van der Waals surface area contributed by atoms with Crippen molar-refractivity contribution in [2.75, 3.05) is 87.0 Å². The van der Waals surface area contributed by atoms with Gasteiger partial charge in [-0.25, -0.2) is 9.97 Å². The van der Waals surface area contributed by atoms with Gasteiger partial charge < -0.3 is 39.0 Å². The number of carbonyl (C=O) groups is 2. The molecule has 376 valence electrons. The molecule has 3 aliphatic rings. The largest absolute Gasteiger partial charge is 0.491 e. The Hall–Kier alpha value is -6.16. The SMILES string of the molecule is COCCOc1cc(-c2cnc(CCCCNC(=O)C(c3ccccc3)N3CCCC3)[nH]2)ccc1-c1ccc(-c2cnc(C3CCCN3C)[nH]2)cc1OCCOC.O=C[C@@H](c1ccccc1)N1CCCC1. The number of aldehydes is 1. The number of nitrogens with zero attached hydrogens (tertiary/aromatic N) is 5. The highest BCUT2D eigenvalue weighted by atomic mass is 16.5. The number of aromatic amines is 2. The molecule has 71 heavy (non-hydrogen) atoms. The van der Waals surface area contributed by atoms with Gasteiger partial charge in [0.1, 0.15) is 48.7 Å². The fourth-order valence-electron chi connectivity index (χ4n) is 10.0. The normalized spacial score (nSPS) is 17.1. The maximum atomic E-state index is 13.3. The van der Waals surface area contributed by atoms with E-state index >= 15 is 0 Å². The molecule has 1 amide bonds. The van der Waals surface area contributed by atoms with E-state index < -0.39 is 0 Å². The lowest BCUT2D eigenvalue weighted by Gasteiger charge is -2.27. The zero-order valence-corrected chi connectivity index (χ0v) is 41.8. The monoisotopic (exact) mass is 965 g/mol. The summed E-state index contributed by atoms with van der Waals surface area (Å²) in [5, 5.41) is 3.21. The van der Waals surface area contributed by atoms with Gasteiger partial charge in [0, 0.05) is 49.4 Å². The van der Waals surface area contributed by atoms with Crippen LogP contribution in [0.25, 0.3) is 33.6 Å². The minimum atomic E-state index is -0.232. The van der Waals surface area contributed by atoms with Crippen LogP contribution in [0.3, 0.4) is 0 Å². The van der Waals surface area contributed by atoms with E-state index in [2.05, 4.69) is 79.5 Å². The van der Waals surface area contributed by atoms with Crippen molar-refractivity contribution in [3.05, 3.63) is 132 Å². The number of H-pyrrole nitrogens is 2. The Labute approximate surface area is 419 Å². The Morgan fingerprint density at radius 3 is 1.85 bits per heavy atom. The molecule has 2 unspecified atom stereocenters. The van der Waals surface area contributed by atoms with E-state index in [1.165, 1.54) is 19.3 Å². The van der Waals surface area contributed by atoms with Crippen molar-refractivity contribution in [2.45, 2.75) is 75.9 Å². The number of aromatic nitrogens is 4. The number of carbonyl (C=O) groups excluding carboxylic acids is 2. The van der Waals surface area contributed by atoms with Gasteiger partial charge in [0.25, 0.3) is 0 Å². The minimum Gasteiger partial charge on any atom is -0.491 e. The van der Waals surface area contributed by atoms with Crippen molar-refractivity contribution < 1.29 is 28.5 Å². The summed E-state index contributed by atoms with van der Waals surface area (Å²) in [6, 6.07) is 32.6. The van der Waals surface area contributed by atoms with E-state index in [0.717, 1.165) is 145 Å². The molecule has 3 fully saturated rings. The van der Waals surface area contributed by atoms with Crippen LogP contribution in [0.5, 0.6) is 11.5 Å². The third-order valence-electron chi connectivity index (χ3n) is 13.8. The quantitative estimate of drug-likeness (QED) is 0.0417. The predicted octanol–water partition coefficient (Wildman–Crippen LogP) is 9.25. The van der Waals surface area contributed by atoms with E-state index in [0.29, 0.717) is 39.0 Å². The molecule has 14 heteroatoms. The van der Waals surface area contributed by atoms with Crippen molar-refractivity contribution in [1.29, 1.82) is 0 Å². The Morgan fingerprint density at radius 2 is 1.27 bits per heavy atom. The van der Waals surface area contributed by atoms with Crippen LogP contribution in [0.2, 0.25) is 0 Å². The number of imidazole rings is 2. The molecular formula is C57H72N8O6. The van der Waals surface area contributed by atoms with Gasteiger partial charge in [-0.1, -0.05) is 72.8 Å². The number of amides is 1. The van der Waals surface area contributed by atoms with Crippen molar-refractivity contribution in [1.82, 2.24) is 40.0 Å². The van der Waals surface area contributed by atoms with Gasteiger partial charge in [-0.3, -0.25) is 19.5 Å². The van der Waals surface area contributed by atoms with Crippen LogP contribution in [-0.2, 0) is 25.5 Å². The van der Waals surface area contributed by atoms with Crippen molar-refractivity contribution in [2.24, 2.45) is 0 Å². The van der Waals surface area contributed by atoms with Gasteiger partial charge in [0.2, 0.25) is 5.91 Å². The number of aryl methyl sites for hydroxylation is 1. The number of hydrogen-bond donors (Lipinski definition) is 3. The summed E-state index contributed by atoms with van der Waals surface area (Å²) in [5.41, 5.74) is 7.82. The first kappa shape index (κ1) is 51.2. The molecule has 6 aromatic rings. The molecular weight excluding hydrogens is 893 g/mol. The molecule has 0 bridgehead atoms. The number of unbranched alkanes of at least 4 members (excludes halogenated alkanes) is 1. The molecule has 3 saturated heterocycles. The molecule has 0 aliphatic carbocycles. The zero-order valence-electron chi connectivity index (χ0n) is 41.8. The van der Waals surface area contributed by atoms with E-state index in [1.807, 2.05) is 67.0 Å². The van der Waals surface area contributed by atoms with E-state index in [-0.39, 0.29) is 18.0 Å². The minimum absolute atomic E-state index is 0.0290. The predicted molar refractivity (Wildman–Crippen MR) is 278 cm³/mol. The number of nitrogens with one attached hydrogen (secondary N) is 3. The van der Waals surface area contributed by atoms with Gasteiger partial charge in [0.05, 0.1) is 49.1 Å². The first-order valence-electron chi connectivity index (χ1n) is 25.6. The highest BCUT2D eigenvalue weighted by molar-refractivity contribution is 5.83. The Kier molecular flexibility index (Phi) is 19.0. The molecule has 3 aliphatic heterocycles. The van der Waals surface area contributed by atoms with Crippen LogP contribution in [0.1, 0.15) is 92.3 Å². The lowest BCUT2D eigenvalue weighted by molar-refractivity contribution is -0.126. The van der Waals surface area contributed by atoms with Gasteiger partial charge in [-0.15, -0.1) is 0 Å². The third kappa shape index (κ3) is 13.6. The van der Waals surface area contributed by atoms with E-state index in [1.54, 1.807) is 14.2 Å². The van der Waals surface area contributed by atoms with Crippen LogP contribution in [-0.4, -0.2) is 134 Å². The molecule has 0 saturated carbocycles. The summed E-state index contributed by atoms with van der Waals surface area (Å²) in [7, 11) is 5.50. The molecule has 0 radical (unpaired) electrons. The fraction of sp³-hybridized carbons (Fsp3) is 0.439. The van der Waals surface area contributed by atoms with Gasteiger partial charge in [-0.05, 0) is 127 Å². The average Bonchev–Trinajstić information content (AvgIpc) is 4.28. The second kappa shape index (κ2) is 26.3. The number of rotatable bonds is 23. The smallest absolute Gasteiger partial charge is 0.241 e. The first-order chi connectivity index (χ1) is 34.9. The summed E-state index contributed by atoms with van der Waals surface area (Å²) in [5.74, 6) is 3.44. The fourth-order valence-corrected chi connectivity index (χ4v) is 10.0. The Morgan fingerprint density at radius 1 is 0.690 bits per heavy atom. The standard InChI is InChI=1S/C45H57N7O5.C12H15NO/c1-51-21-11-14-39(51)44-48-31-38(50-44)34-17-19-36(41(29-34)57-27-25-55-3)35-18-16-33(28-40(35)56-26-24-54-2)37-30-47-42(49-37)15-7-8-20-46-45(53)43(52-22-9-10-23-52)32-12-5-4-6-13-32;14-10-12(13-8-4-5-9-13)11-6-2-1-3-7-11/h4-6,12-13,16-19,28-31,39,43H,7-11,14-15,20-27H2,1-3H3,(H,46,53)(H,47,49)(H,48,50);1-3,6-7,10,12H,4-5,8-9H2/t;12-/m.0/s1. The van der Waals surface area contributed by atoms with Gasteiger partial charge >= 0.3 is 0 Å². The molecule has 5 heterocycles. The van der Waals surface area contributed by atoms with Crippen LogP contribution in [0, 0.1) is 0 Å². The Balaban J connectivity index is 0.000000413. The molecule has 9 rings (SSSR count). The number of ether oxygens (including phenoxy) is 4.